The first-order valence-electron chi connectivity index (χ1n) is 7.12. The van der Waals surface area contributed by atoms with E-state index in [1.807, 2.05) is 0 Å². The molecule has 9 heteroatoms. The van der Waals surface area contributed by atoms with E-state index in [9.17, 15) is 28.1 Å². The van der Waals surface area contributed by atoms with Crippen LogP contribution in [0.5, 0.6) is 0 Å². The Bertz CT molecular complexity index is 850. The van der Waals surface area contributed by atoms with E-state index in [1.54, 1.807) is 18.2 Å². The van der Waals surface area contributed by atoms with Crippen LogP contribution in [-0.4, -0.2) is 42.8 Å². The van der Waals surface area contributed by atoms with Gasteiger partial charge in [0.1, 0.15) is 9.84 Å². The van der Waals surface area contributed by atoms with E-state index in [0.29, 0.717) is 5.06 Å². The standard InChI is InChI=1S/C15H12N2O6S/c16-9-15(5-7-24(21,22)8-6-15)14(20)23-17-12(18)10-3-1-2-4-11(10)13(17)19/h1-4H,5-8H2. The molecule has 0 saturated carbocycles. The van der Waals surface area contributed by atoms with Gasteiger partial charge in [-0.1, -0.05) is 17.2 Å². The minimum Gasteiger partial charge on any atom is -0.328 e. The Morgan fingerprint density at radius 2 is 1.62 bits per heavy atom. The number of hydrogen-bond acceptors (Lipinski definition) is 7. The molecule has 2 aliphatic rings. The number of nitrogens with zero attached hydrogens (tertiary/aromatic N) is 2. The third-order valence-corrected chi connectivity index (χ3v) is 5.87. The first-order valence-corrected chi connectivity index (χ1v) is 8.94. The second kappa shape index (κ2) is 5.42. The number of amides is 2. The molecule has 0 spiro atoms. The van der Waals surface area contributed by atoms with Crippen LogP contribution in [0.4, 0.5) is 0 Å². The Kier molecular flexibility index (Phi) is 3.64. The maximum atomic E-state index is 12.4. The number of imide groups is 1. The first-order chi connectivity index (χ1) is 11.3. The fourth-order valence-electron chi connectivity index (χ4n) is 2.67. The average molecular weight is 348 g/mol. The predicted molar refractivity (Wildman–Crippen MR) is 79.0 cm³/mol. The molecule has 0 aliphatic carbocycles. The van der Waals surface area contributed by atoms with Gasteiger partial charge < -0.3 is 4.84 Å². The van der Waals surface area contributed by atoms with E-state index in [0.717, 1.165) is 0 Å². The number of benzene rings is 1. The van der Waals surface area contributed by atoms with Crippen LogP contribution < -0.4 is 0 Å². The summed E-state index contributed by atoms with van der Waals surface area (Å²) < 4.78 is 23.0. The van der Waals surface area contributed by atoms with Crippen molar-refractivity contribution < 1.29 is 27.6 Å². The molecule has 0 unspecified atom stereocenters. The third kappa shape index (κ3) is 2.45. The van der Waals surface area contributed by atoms with Gasteiger partial charge in [-0.25, -0.2) is 13.2 Å². The summed E-state index contributed by atoms with van der Waals surface area (Å²) in [6.45, 7) is 0. The molecular formula is C15H12N2O6S. The minimum atomic E-state index is -3.30. The summed E-state index contributed by atoms with van der Waals surface area (Å²) >= 11 is 0. The quantitative estimate of drug-likeness (QED) is 0.712. The van der Waals surface area contributed by atoms with Gasteiger partial charge in [-0.3, -0.25) is 9.59 Å². The molecule has 1 fully saturated rings. The number of hydrogen-bond donors (Lipinski definition) is 0. The van der Waals surface area contributed by atoms with Crippen LogP contribution in [0.3, 0.4) is 0 Å². The summed E-state index contributed by atoms with van der Waals surface area (Å²) in [5.74, 6) is -3.31. The molecule has 8 nitrogen and oxygen atoms in total. The van der Waals surface area contributed by atoms with E-state index in [-0.39, 0.29) is 35.5 Å². The Balaban J connectivity index is 1.82. The van der Waals surface area contributed by atoms with Crippen LogP contribution in [0, 0.1) is 16.7 Å². The molecule has 1 saturated heterocycles. The van der Waals surface area contributed by atoms with E-state index in [4.69, 9.17) is 4.84 Å². The smallest absolute Gasteiger partial charge is 0.328 e. The van der Waals surface area contributed by atoms with Crippen molar-refractivity contribution in [3.05, 3.63) is 35.4 Å². The van der Waals surface area contributed by atoms with Gasteiger partial charge in [0, 0.05) is 0 Å². The second-order valence-electron chi connectivity index (χ2n) is 5.67. The molecule has 24 heavy (non-hydrogen) atoms. The zero-order chi connectivity index (χ0) is 17.5. The molecule has 1 aromatic rings. The molecule has 0 bridgehead atoms. The SMILES string of the molecule is N#CC1(C(=O)ON2C(=O)c3ccccc3C2=O)CCS(=O)(=O)CC1. The van der Waals surface area contributed by atoms with Crippen molar-refractivity contribution in [2.75, 3.05) is 11.5 Å². The highest BCUT2D eigenvalue weighted by Gasteiger charge is 2.48. The van der Waals surface area contributed by atoms with Crippen LogP contribution in [0.25, 0.3) is 0 Å². The molecule has 2 aliphatic heterocycles. The highest BCUT2D eigenvalue weighted by Crippen LogP contribution is 2.34. The van der Waals surface area contributed by atoms with Crippen molar-refractivity contribution in [1.82, 2.24) is 5.06 Å². The third-order valence-electron chi connectivity index (χ3n) is 4.22. The van der Waals surface area contributed by atoms with E-state index in [2.05, 4.69) is 0 Å². The van der Waals surface area contributed by atoms with Gasteiger partial charge in [-0.05, 0) is 25.0 Å². The summed E-state index contributed by atoms with van der Waals surface area (Å²) in [6, 6.07) is 7.78. The van der Waals surface area contributed by atoms with E-state index >= 15 is 0 Å². The summed E-state index contributed by atoms with van der Waals surface area (Å²) in [5, 5.41) is 9.66. The Hall–Kier alpha value is -2.73. The molecule has 0 radical (unpaired) electrons. The Morgan fingerprint density at radius 3 is 2.08 bits per heavy atom. The molecule has 1 aromatic carbocycles. The normalized spacial score (nSPS) is 21.0. The fraction of sp³-hybridized carbons (Fsp3) is 0.333. The minimum absolute atomic E-state index is 0.104. The topological polar surface area (TPSA) is 122 Å². The number of fused-ring (bicyclic) bond motifs is 1. The lowest BCUT2D eigenvalue weighted by Gasteiger charge is -2.28. The lowest BCUT2D eigenvalue weighted by Crippen LogP contribution is -2.44. The van der Waals surface area contributed by atoms with Gasteiger partial charge in [0.2, 0.25) is 0 Å². The zero-order valence-corrected chi connectivity index (χ0v) is 13.2. The average Bonchev–Trinajstić information content (AvgIpc) is 2.81. The number of nitriles is 1. The number of carbonyl (C=O) groups is 3. The van der Waals surface area contributed by atoms with Gasteiger partial charge in [-0.15, -0.1) is 0 Å². The van der Waals surface area contributed by atoms with Crippen molar-refractivity contribution in [3.63, 3.8) is 0 Å². The summed E-state index contributed by atoms with van der Waals surface area (Å²) in [5.41, 5.74) is -1.47. The molecule has 0 N–H and O–H groups in total. The maximum Gasteiger partial charge on any atom is 0.353 e. The van der Waals surface area contributed by atoms with Crippen LogP contribution in [0.2, 0.25) is 0 Å². The van der Waals surface area contributed by atoms with Crippen LogP contribution >= 0.6 is 0 Å². The lowest BCUT2D eigenvalue weighted by atomic mass is 9.84. The Labute approximate surface area is 137 Å². The zero-order valence-electron chi connectivity index (χ0n) is 12.4. The van der Waals surface area contributed by atoms with Crippen molar-refractivity contribution in [2.24, 2.45) is 5.41 Å². The molecule has 2 amide bonds. The summed E-state index contributed by atoms with van der Waals surface area (Å²) in [6.07, 6.45) is -0.457. The van der Waals surface area contributed by atoms with Crippen molar-refractivity contribution in [3.8, 4) is 6.07 Å². The maximum absolute atomic E-state index is 12.4. The molecule has 0 aromatic heterocycles. The van der Waals surface area contributed by atoms with Gasteiger partial charge in [0.15, 0.2) is 5.41 Å². The van der Waals surface area contributed by atoms with Crippen LogP contribution in [0.15, 0.2) is 24.3 Å². The fourth-order valence-corrected chi connectivity index (χ4v) is 4.19. The highest BCUT2D eigenvalue weighted by molar-refractivity contribution is 7.91. The van der Waals surface area contributed by atoms with Crippen molar-refractivity contribution in [2.45, 2.75) is 12.8 Å². The summed E-state index contributed by atoms with van der Waals surface area (Å²) in [7, 11) is -3.30. The second-order valence-corrected chi connectivity index (χ2v) is 7.98. The molecule has 2 heterocycles. The molecule has 0 atom stereocenters. The van der Waals surface area contributed by atoms with Gasteiger partial charge in [0.05, 0.1) is 28.7 Å². The number of carbonyl (C=O) groups excluding carboxylic acids is 3. The first kappa shape index (κ1) is 16.1. The molecular weight excluding hydrogens is 336 g/mol. The van der Waals surface area contributed by atoms with Gasteiger partial charge >= 0.3 is 5.97 Å². The monoisotopic (exact) mass is 348 g/mol. The number of hydroxylamine groups is 2. The number of rotatable bonds is 2. The van der Waals surface area contributed by atoms with Crippen molar-refractivity contribution >= 4 is 27.6 Å². The highest BCUT2D eigenvalue weighted by atomic mass is 32.2. The van der Waals surface area contributed by atoms with Crippen LogP contribution in [-0.2, 0) is 19.5 Å². The lowest BCUT2D eigenvalue weighted by molar-refractivity contribution is -0.178. The molecule has 124 valence electrons. The van der Waals surface area contributed by atoms with E-state index < -0.39 is 33.0 Å². The molecule has 3 rings (SSSR count). The predicted octanol–water partition coefficient (Wildman–Crippen LogP) is 0.459. The summed E-state index contributed by atoms with van der Waals surface area (Å²) in [4.78, 5) is 41.6. The number of sulfone groups is 1. The van der Waals surface area contributed by atoms with Crippen LogP contribution in [0.1, 0.15) is 33.6 Å². The Morgan fingerprint density at radius 1 is 1.12 bits per heavy atom. The van der Waals surface area contributed by atoms with Crippen molar-refractivity contribution in [1.29, 1.82) is 5.26 Å². The van der Waals surface area contributed by atoms with Gasteiger partial charge in [0.25, 0.3) is 11.8 Å². The van der Waals surface area contributed by atoms with E-state index in [1.165, 1.54) is 12.1 Å². The largest absolute Gasteiger partial charge is 0.353 e. The van der Waals surface area contributed by atoms with Gasteiger partial charge in [-0.2, -0.15) is 5.26 Å².